The molecule has 0 saturated heterocycles. The maximum Gasteiger partial charge on any atom is 0.142 e. The third-order valence-electron chi connectivity index (χ3n) is 3.38. The number of benzene rings is 1. The summed E-state index contributed by atoms with van der Waals surface area (Å²) < 4.78 is 8.07. The van der Waals surface area contributed by atoms with Crippen LogP contribution in [0.15, 0.2) is 36.7 Å². The minimum Gasteiger partial charge on any atom is -0.491 e. The van der Waals surface area contributed by atoms with E-state index in [-0.39, 0.29) is 0 Å². The molecule has 2 aromatic rings. The fourth-order valence-electron chi connectivity index (χ4n) is 2.30. The molecule has 2 rings (SSSR count). The summed E-state index contributed by atoms with van der Waals surface area (Å²) in [7, 11) is 0. The molecule has 0 bridgehead atoms. The summed E-state index contributed by atoms with van der Waals surface area (Å²) in [6.45, 7) is 9.07. The van der Waals surface area contributed by atoms with Gasteiger partial charge in [-0.25, -0.2) is 0 Å². The lowest BCUT2D eigenvalue weighted by Crippen LogP contribution is -2.03. The van der Waals surface area contributed by atoms with Gasteiger partial charge in [0.05, 0.1) is 12.3 Å². The summed E-state index contributed by atoms with van der Waals surface area (Å²) in [5.41, 5.74) is 3.59. The van der Waals surface area contributed by atoms with Crippen molar-refractivity contribution in [1.82, 2.24) is 4.57 Å². The molecule has 0 radical (unpaired) electrons. The monoisotopic (exact) mass is 286 g/mol. The van der Waals surface area contributed by atoms with Crippen LogP contribution in [0.1, 0.15) is 37.8 Å². The van der Waals surface area contributed by atoms with Crippen LogP contribution in [0.4, 0.5) is 5.69 Å². The molecular formula is C18H26N2O. The van der Waals surface area contributed by atoms with Crippen LogP contribution in [0.25, 0.3) is 0 Å². The highest BCUT2D eigenvalue weighted by Crippen LogP contribution is 2.26. The van der Waals surface area contributed by atoms with E-state index in [2.05, 4.69) is 67.3 Å². The predicted molar refractivity (Wildman–Crippen MR) is 89.0 cm³/mol. The van der Waals surface area contributed by atoms with Crippen LogP contribution < -0.4 is 10.1 Å². The normalized spacial score (nSPS) is 10.6. The molecule has 1 aromatic carbocycles. The Hall–Kier alpha value is -1.90. The Balaban J connectivity index is 2.00. The van der Waals surface area contributed by atoms with Crippen molar-refractivity contribution < 1.29 is 4.74 Å². The molecule has 1 heterocycles. The maximum absolute atomic E-state index is 5.83. The van der Waals surface area contributed by atoms with Crippen molar-refractivity contribution >= 4 is 5.69 Å². The van der Waals surface area contributed by atoms with E-state index in [1.165, 1.54) is 11.1 Å². The van der Waals surface area contributed by atoms with E-state index in [9.17, 15) is 0 Å². The molecule has 114 valence electrons. The van der Waals surface area contributed by atoms with Crippen LogP contribution in [0.3, 0.4) is 0 Å². The van der Waals surface area contributed by atoms with Crippen molar-refractivity contribution in [2.24, 2.45) is 0 Å². The lowest BCUT2D eigenvalue weighted by atomic mass is 10.2. The van der Waals surface area contributed by atoms with E-state index in [1.54, 1.807) is 0 Å². The van der Waals surface area contributed by atoms with Crippen molar-refractivity contribution in [2.45, 2.75) is 46.7 Å². The van der Waals surface area contributed by atoms with Gasteiger partial charge in [0, 0.05) is 25.5 Å². The van der Waals surface area contributed by atoms with E-state index in [4.69, 9.17) is 4.74 Å². The highest BCUT2D eigenvalue weighted by molar-refractivity contribution is 5.57. The smallest absolute Gasteiger partial charge is 0.142 e. The van der Waals surface area contributed by atoms with E-state index in [0.29, 0.717) is 0 Å². The fourth-order valence-corrected chi connectivity index (χ4v) is 2.30. The quantitative estimate of drug-likeness (QED) is 0.767. The van der Waals surface area contributed by atoms with Gasteiger partial charge in [0.25, 0.3) is 0 Å². The third kappa shape index (κ3) is 4.55. The Morgan fingerprint density at radius 3 is 2.76 bits per heavy atom. The molecule has 0 spiro atoms. The molecule has 0 aliphatic carbocycles. The first-order chi connectivity index (χ1) is 10.2. The van der Waals surface area contributed by atoms with E-state index in [0.717, 1.165) is 44.0 Å². The zero-order valence-electron chi connectivity index (χ0n) is 13.4. The predicted octanol–water partition coefficient (Wildman–Crippen LogP) is 4.61. The Morgan fingerprint density at radius 2 is 2.00 bits per heavy atom. The zero-order chi connectivity index (χ0) is 15.1. The number of nitrogens with zero attached hydrogens (tertiary/aromatic N) is 1. The summed E-state index contributed by atoms with van der Waals surface area (Å²) in [6.07, 6.45) is 6.53. The molecule has 0 atom stereocenters. The Labute approximate surface area is 127 Å². The number of ether oxygens (including phenoxy) is 1. The highest BCUT2D eigenvalue weighted by atomic mass is 16.5. The Kier molecular flexibility index (Phi) is 5.73. The first-order valence-electron chi connectivity index (χ1n) is 7.85. The average molecular weight is 286 g/mol. The van der Waals surface area contributed by atoms with Gasteiger partial charge in [-0.3, -0.25) is 0 Å². The van der Waals surface area contributed by atoms with Crippen molar-refractivity contribution in [3.05, 3.63) is 47.8 Å². The maximum atomic E-state index is 5.83. The summed E-state index contributed by atoms with van der Waals surface area (Å²) in [5, 5.41) is 3.48. The van der Waals surface area contributed by atoms with Crippen LogP contribution in [0.2, 0.25) is 0 Å². The number of aryl methyl sites for hydroxylation is 2. The summed E-state index contributed by atoms with van der Waals surface area (Å²) >= 11 is 0. The molecule has 0 fully saturated rings. The number of nitrogens with one attached hydrogen (secondary N) is 1. The lowest BCUT2D eigenvalue weighted by molar-refractivity contribution is 0.318. The number of aromatic nitrogens is 1. The first kappa shape index (κ1) is 15.5. The molecular weight excluding hydrogens is 260 g/mol. The number of hydrogen-bond acceptors (Lipinski definition) is 2. The largest absolute Gasteiger partial charge is 0.491 e. The Morgan fingerprint density at radius 1 is 1.14 bits per heavy atom. The fraction of sp³-hybridized carbons (Fsp3) is 0.444. The van der Waals surface area contributed by atoms with Gasteiger partial charge in [-0.2, -0.15) is 0 Å². The molecule has 1 N–H and O–H groups in total. The number of hydrogen-bond donors (Lipinski definition) is 1. The van der Waals surface area contributed by atoms with E-state index in [1.807, 2.05) is 0 Å². The summed E-state index contributed by atoms with van der Waals surface area (Å²) in [5.74, 6) is 0.949. The van der Waals surface area contributed by atoms with Gasteiger partial charge >= 0.3 is 0 Å². The molecule has 0 aliphatic rings. The van der Waals surface area contributed by atoms with Crippen molar-refractivity contribution in [3.63, 3.8) is 0 Å². The van der Waals surface area contributed by atoms with Crippen LogP contribution in [0, 0.1) is 6.92 Å². The number of anilines is 1. The summed E-state index contributed by atoms with van der Waals surface area (Å²) in [6, 6.07) is 8.48. The molecule has 21 heavy (non-hydrogen) atoms. The second kappa shape index (κ2) is 7.77. The van der Waals surface area contributed by atoms with Gasteiger partial charge in [-0.1, -0.05) is 19.9 Å². The van der Waals surface area contributed by atoms with E-state index < -0.39 is 0 Å². The van der Waals surface area contributed by atoms with Crippen LogP contribution in [0.5, 0.6) is 5.75 Å². The van der Waals surface area contributed by atoms with Crippen molar-refractivity contribution in [3.8, 4) is 5.75 Å². The van der Waals surface area contributed by atoms with Crippen LogP contribution in [-0.4, -0.2) is 11.2 Å². The van der Waals surface area contributed by atoms with Crippen LogP contribution >= 0.6 is 0 Å². The standard InChI is InChI=1S/C18H26N2O/c1-4-9-20-10-8-16(14-20)13-19-17-7-6-15(3)12-18(17)21-11-5-2/h6-8,10,12,14,19H,4-5,9,11,13H2,1-3H3. The van der Waals surface area contributed by atoms with Gasteiger partial charge in [0.2, 0.25) is 0 Å². The molecule has 3 nitrogen and oxygen atoms in total. The van der Waals surface area contributed by atoms with Crippen molar-refractivity contribution in [2.75, 3.05) is 11.9 Å². The average Bonchev–Trinajstić information content (AvgIpc) is 2.92. The molecule has 0 aliphatic heterocycles. The Bertz CT molecular complexity index is 560. The van der Waals surface area contributed by atoms with E-state index >= 15 is 0 Å². The molecule has 1 aromatic heterocycles. The third-order valence-corrected chi connectivity index (χ3v) is 3.38. The second-order valence-corrected chi connectivity index (χ2v) is 5.46. The molecule has 0 saturated carbocycles. The zero-order valence-corrected chi connectivity index (χ0v) is 13.4. The topological polar surface area (TPSA) is 26.2 Å². The van der Waals surface area contributed by atoms with Gasteiger partial charge in [-0.05, 0) is 49.1 Å². The first-order valence-corrected chi connectivity index (χ1v) is 7.85. The second-order valence-electron chi connectivity index (χ2n) is 5.46. The molecule has 3 heteroatoms. The summed E-state index contributed by atoms with van der Waals surface area (Å²) in [4.78, 5) is 0. The minimum atomic E-state index is 0.755. The number of rotatable bonds is 8. The highest BCUT2D eigenvalue weighted by Gasteiger charge is 2.04. The van der Waals surface area contributed by atoms with Gasteiger partial charge in [0.15, 0.2) is 0 Å². The molecule has 0 amide bonds. The van der Waals surface area contributed by atoms with Gasteiger partial charge in [0.1, 0.15) is 5.75 Å². The minimum absolute atomic E-state index is 0.755. The molecule has 0 unspecified atom stereocenters. The van der Waals surface area contributed by atoms with Crippen LogP contribution in [-0.2, 0) is 13.1 Å². The van der Waals surface area contributed by atoms with Gasteiger partial charge in [-0.15, -0.1) is 0 Å². The van der Waals surface area contributed by atoms with Gasteiger partial charge < -0.3 is 14.6 Å². The van der Waals surface area contributed by atoms with Crippen molar-refractivity contribution in [1.29, 1.82) is 0 Å². The lowest BCUT2D eigenvalue weighted by Gasteiger charge is -2.13. The SMILES string of the molecule is CCCOc1cc(C)ccc1NCc1ccn(CCC)c1.